The number of aryl methyl sites for hydroxylation is 1. The Bertz CT molecular complexity index is 756. The zero-order valence-corrected chi connectivity index (χ0v) is 12.4. The van der Waals surface area contributed by atoms with Gasteiger partial charge in [-0.3, -0.25) is 10.1 Å². The molecule has 0 aliphatic heterocycles. The topological polar surface area (TPSA) is 69.4 Å². The van der Waals surface area contributed by atoms with Gasteiger partial charge in [-0.25, -0.2) is 4.79 Å². The van der Waals surface area contributed by atoms with Gasteiger partial charge in [0, 0.05) is 12.1 Å². The molecular formula is C16H12ClNO4. The summed E-state index contributed by atoms with van der Waals surface area (Å²) in [5.41, 5.74) is 1.13. The molecule has 0 spiro atoms. The zero-order chi connectivity index (χ0) is 16.1. The molecule has 0 amide bonds. The second-order valence-electron chi connectivity index (χ2n) is 4.50. The Labute approximate surface area is 131 Å². The fraction of sp³-hybridized carbons (Fsp3) is 0.0625. The number of hydrogen-bond donors (Lipinski definition) is 0. The fourth-order valence-corrected chi connectivity index (χ4v) is 1.94. The van der Waals surface area contributed by atoms with Crippen LogP contribution in [0.25, 0.3) is 6.08 Å². The maximum absolute atomic E-state index is 11.8. The highest BCUT2D eigenvalue weighted by Gasteiger charge is 2.11. The van der Waals surface area contributed by atoms with Gasteiger partial charge in [0.25, 0.3) is 5.69 Å². The molecular weight excluding hydrogens is 306 g/mol. The summed E-state index contributed by atoms with van der Waals surface area (Å²) in [6.07, 6.45) is 2.46. The van der Waals surface area contributed by atoms with Gasteiger partial charge >= 0.3 is 5.97 Å². The minimum atomic E-state index is -0.661. The summed E-state index contributed by atoms with van der Waals surface area (Å²) < 4.78 is 5.12. The maximum atomic E-state index is 11.8. The van der Waals surface area contributed by atoms with Crippen LogP contribution in [-0.4, -0.2) is 10.9 Å². The number of hydrogen-bond acceptors (Lipinski definition) is 4. The number of para-hydroxylation sites is 1. The monoisotopic (exact) mass is 317 g/mol. The highest BCUT2D eigenvalue weighted by atomic mass is 35.5. The molecule has 2 aromatic rings. The Morgan fingerprint density at radius 2 is 2.00 bits per heavy atom. The molecule has 6 heteroatoms. The van der Waals surface area contributed by atoms with Crippen molar-refractivity contribution in [3.05, 3.63) is 74.8 Å². The van der Waals surface area contributed by atoms with E-state index in [2.05, 4.69) is 0 Å². The van der Waals surface area contributed by atoms with Crippen LogP contribution in [0.2, 0.25) is 5.02 Å². The van der Waals surface area contributed by atoms with Crippen LogP contribution in [0, 0.1) is 17.0 Å². The minimum Gasteiger partial charge on any atom is -0.422 e. The first-order chi connectivity index (χ1) is 10.5. The van der Waals surface area contributed by atoms with Gasteiger partial charge in [0.15, 0.2) is 0 Å². The molecule has 2 rings (SSSR count). The van der Waals surface area contributed by atoms with Crippen LogP contribution in [0.15, 0.2) is 48.5 Å². The van der Waals surface area contributed by atoms with Gasteiger partial charge in [-0.1, -0.05) is 29.8 Å². The third kappa shape index (κ3) is 3.93. The second-order valence-corrected chi connectivity index (χ2v) is 4.91. The van der Waals surface area contributed by atoms with Gasteiger partial charge in [0.2, 0.25) is 0 Å². The molecule has 0 N–H and O–H groups in total. The largest absolute Gasteiger partial charge is 0.422 e. The van der Waals surface area contributed by atoms with Crippen LogP contribution in [0.1, 0.15) is 11.1 Å². The molecule has 0 aromatic heterocycles. The number of halogens is 1. The standard InChI is InChI=1S/C16H12ClNO4/c1-11-6-8-13(17)15(10-11)22-16(19)9-7-12-4-2-3-5-14(12)18(20)21/h2-10H,1H3/b9-7+. The lowest BCUT2D eigenvalue weighted by Gasteiger charge is -2.04. The molecule has 0 heterocycles. The number of carbonyl (C=O) groups is 1. The van der Waals surface area contributed by atoms with Crippen molar-refractivity contribution in [2.24, 2.45) is 0 Å². The maximum Gasteiger partial charge on any atom is 0.336 e. The summed E-state index contributed by atoms with van der Waals surface area (Å²) in [5, 5.41) is 11.2. The van der Waals surface area contributed by atoms with E-state index in [1.165, 1.54) is 12.1 Å². The Kier molecular flexibility index (Phi) is 4.91. The van der Waals surface area contributed by atoms with E-state index in [0.29, 0.717) is 10.6 Å². The zero-order valence-electron chi connectivity index (χ0n) is 11.7. The predicted octanol–water partition coefficient (Wildman–Crippen LogP) is 4.18. The highest BCUT2D eigenvalue weighted by Crippen LogP contribution is 2.25. The van der Waals surface area contributed by atoms with Crippen molar-refractivity contribution in [1.29, 1.82) is 0 Å². The number of nitrogens with zero attached hydrogens (tertiary/aromatic N) is 1. The van der Waals surface area contributed by atoms with Crippen LogP contribution < -0.4 is 4.74 Å². The Morgan fingerprint density at radius 3 is 2.73 bits per heavy atom. The molecule has 0 aliphatic rings. The smallest absolute Gasteiger partial charge is 0.336 e. The van der Waals surface area contributed by atoms with E-state index >= 15 is 0 Å². The molecule has 0 saturated carbocycles. The van der Waals surface area contributed by atoms with E-state index in [-0.39, 0.29) is 11.4 Å². The predicted molar refractivity (Wildman–Crippen MR) is 84.0 cm³/mol. The average molecular weight is 318 g/mol. The summed E-state index contributed by atoms with van der Waals surface area (Å²) in [6.45, 7) is 1.84. The van der Waals surface area contributed by atoms with Crippen molar-refractivity contribution in [2.45, 2.75) is 6.92 Å². The highest BCUT2D eigenvalue weighted by molar-refractivity contribution is 6.32. The van der Waals surface area contributed by atoms with Crippen molar-refractivity contribution < 1.29 is 14.5 Å². The van der Waals surface area contributed by atoms with Crippen LogP contribution in [0.4, 0.5) is 5.69 Å². The first kappa shape index (κ1) is 15.7. The van der Waals surface area contributed by atoms with Crippen molar-refractivity contribution in [3.8, 4) is 5.75 Å². The lowest BCUT2D eigenvalue weighted by Crippen LogP contribution is -2.04. The van der Waals surface area contributed by atoms with Crippen LogP contribution in [0.3, 0.4) is 0 Å². The van der Waals surface area contributed by atoms with Crippen molar-refractivity contribution in [1.82, 2.24) is 0 Å². The Hall–Kier alpha value is -2.66. The fourth-order valence-electron chi connectivity index (χ4n) is 1.78. The first-order valence-corrected chi connectivity index (χ1v) is 6.74. The average Bonchev–Trinajstić information content (AvgIpc) is 2.49. The van der Waals surface area contributed by atoms with E-state index in [1.807, 2.05) is 6.92 Å². The molecule has 2 aromatic carbocycles. The number of rotatable bonds is 4. The van der Waals surface area contributed by atoms with E-state index in [1.54, 1.807) is 36.4 Å². The summed E-state index contributed by atoms with van der Waals surface area (Å²) in [5.74, 6) is -0.412. The molecule has 112 valence electrons. The number of esters is 1. The minimum absolute atomic E-state index is 0.0832. The molecule has 0 atom stereocenters. The lowest BCUT2D eigenvalue weighted by molar-refractivity contribution is -0.385. The number of benzene rings is 2. The first-order valence-electron chi connectivity index (χ1n) is 6.37. The summed E-state index contributed by atoms with van der Waals surface area (Å²) >= 11 is 5.93. The van der Waals surface area contributed by atoms with Crippen LogP contribution in [0.5, 0.6) is 5.75 Å². The molecule has 0 aliphatic carbocycles. The summed E-state index contributed by atoms with van der Waals surface area (Å²) in [4.78, 5) is 22.2. The number of nitro benzene ring substituents is 1. The number of nitro groups is 1. The molecule has 0 fully saturated rings. The molecule has 0 unspecified atom stereocenters. The number of carbonyl (C=O) groups excluding carboxylic acids is 1. The Balaban J connectivity index is 2.15. The normalized spacial score (nSPS) is 10.6. The van der Waals surface area contributed by atoms with Gasteiger partial charge in [0.05, 0.1) is 15.5 Å². The molecule has 0 radical (unpaired) electrons. The van der Waals surface area contributed by atoms with E-state index < -0.39 is 10.9 Å². The van der Waals surface area contributed by atoms with Gasteiger partial charge in [-0.2, -0.15) is 0 Å². The molecule has 0 bridgehead atoms. The summed E-state index contributed by atoms with van der Waals surface area (Å²) in [6, 6.07) is 11.2. The quantitative estimate of drug-likeness (QED) is 0.279. The summed E-state index contributed by atoms with van der Waals surface area (Å²) in [7, 11) is 0. The van der Waals surface area contributed by atoms with Gasteiger partial charge in [0.1, 0.15) is 5.75 Å². The van der Waals surface area contributed by atoms with Crippen LogP contribution in [-0.2, 0) is 4.79 Å². The lowest BCUT2D eigenvalue weighted by atomic mass is 10.1. The van der Waals surface area contributed by atoms with E-state index in [0.717, 1.165) is 11.6 Å². The number of ether oxygens (including phenoxy) is 1. The van der Waals surface area contributed by atoms with Crippen molar-refractivity contribution in [2.75, 3.05) is 0 Å². The molecule has 0 saturated heterocycles. The third-order valence-corrected chi connectivity index (χ3v) is 3.14. The van der Waals surface area contributed by atoms with Gasteiger partial charge < -0.3 is 4.74 Å². The molecule has 5 nitrogen and oxygen atoms in total. The van der Waals surface area contributed by atoms with E-state index in [9.17, 15) is 14.9 Å². The van der Waals surface area contributed by atoms with Crippen LogP contribution >= 0.6 is 11.6 Å². The third-order valence-electron chi connectivity index (χ3n) is 2.83. The second kappa shape index (κ2) is 6.87. The Morgan fingerprint density at radius 1 is 1.27 bits per heavy atom. The van der Waals surface area contributed by atoms with E-state index in [4.69, 9.17) is 16.3 Å². The van der Waals surface area contributed by atoms with Crippen molar-refractivity contribution in [3.63, 3.8) is 0 Å². The van der Waals surface area contributed by atoms with Gasteiger partial charge in [-0.15, -0.1) is 0 Å². The van der Waals surface area contributed by atoms with Crippen molar-refractivity contribution >= 4 is 29.3 Å². The SMILES string of the molecule is Cc1ccc(Cl)c(OC(=O)/C=C/c2ccccc2[N+](=O)[O-])c1. The van der Waals surface area contributed by atoms with Gasteiger partial charge in [-0.05, 0) is 36.8 Å². The molecule has 22 heavy (non-hydrogen) atoms.